The summed E-state index contributed by atoms with van der Waals surface area (Å²) < 4.78 is 26.8. The van der Waals surface area contributed by atoms with Gasteiger partial charge in [0.15, 0.2) is 0 Å². The van der Waals surface area contributed by atoms with Gasteiger partial charge in [-0.05, 0) is 25.0 Å². The standard InChI is InChI=1S/C14H20Cl2N2O2S/c1-10(2)17-9-11-12(15)5-6-13(14(11)16)21(19,20)18-7-3-4-8-18/h5-6,10,17H,3-4,7-9H2,1-2H3. The minimum absolute atomic E-state index is 0.149. The first-order chi connectivity index (χ1) is 9.84. The van der Waals surface area contributed by atoms with E-state index in [1.165, 1.54) is 10.4 Å². The van der Waals surface area contributed by atoms with Gasteiger partial charge in [0.2, 0.25) is 10.0 Å². The van der Waals surface area contributed by atoms with Crippen molar-refractivity contribution in [2.75, 3.05) is 13.1 Å². The van der Waals surface area contributed by atoms with E-state index in [1.54, 1.807) is 6.07 Å². The first-order valence-corrected chi connectivity index (χ1v) is 9.24. The first-order valence-electron chi connectivity index (χ1n) is 7.04. The Morgan fingerprint density at radius 1 is 1.24 bits per heavy atom. The zero-order chi connectivity index (χ0) is 15.6. The van der Waals surface area contributed by atoms with E-state index in [4.69, 9.17) is 23.2 Å². The summed E-state index contributed by atoms with van der Waals surface area (Å²) in [4.78, 5) is 0.149. The van der Waals surface area contributed by atoms with Crippen LogP contribution < -0.4 is 5.32 Å². The minimum atomic E-state index is -3.53. The topological polar surface area (TPSA) is 49.4 Å². The molecule has 4 nitrogen and oxygen atoms in total. The molecule has 1 N–H and O–H groups in total. The van der Waals surface area contributed by atoms with Crippen LogP contribution in [-0.2, 0) is 16.6 Å². The molecule has 0 spiro atoms. The Morgan fingerprint density at radius 2 is 1.86 bits per heavy atom. The van der Waals surface area contributed by atoms with Crippen LogP contribution in [0.4, 0.5) is 0 Å². The van der Waals surface area contributed by atoms with Crippen LogP contribution >= 0.6 is 23.2 Å². The second-order valence-corrected chi connectivity index (χ2v) is 8.18. The fraction of sp³-hybridized carbons (Fsp3) is 0.571. The number of sulfonamides is 1. The van der Waals surface area contributed by atoms with Crippen molar-refractivity contribution in [3.63, 3.8) is 0 Å². The van der Waals surface area contributed by atoms with Crippen LogP contribution in [0.5, 0.6) is 0 Å². The molecule has 1 aromatic carbocycles. The third kappa shape index (κ3) is 3.71. The summed E-state index contributed by atoms with van der Waals surface area (Å²) in [6.07, 6.45) is 1.79. The van der Waals surface area contributed by atoms with Crippen molar-refractivity contribution in [1.82, 2.24) is 9.62 Å². The van der Waals surface area contributed by atoms with Crippen LogP contribution in [-0.4, -0.2) is 31.9 Å². The lowest BCUT2D eigenvalue weighted by molar-refractivity contribution is 0.477. The lowest BCUT2D eigenvalue weighted by atomic mass is 10.2. The molecule has 21 heavy (non-hydrogen) atoms. The van der Waals surface area contributed by atoms with Gasteiger partial charge in [0.25, 0.3) is 0 Å². The van der Waals surface area contributed by atoms with Crippen LogP contribution in [0.3, 0.4) is 0 Å². The predicted molar refractivity (Wildman–Crippen MR) is 86.4 cm³/mol. The lowest BCUT2D eigenvalue weighted by Gasteiger charge is -2.19. The van der Waals surface area contributed by atoms with E-state index in [1.807, 2.05) is 13.8 Å². The number of nitrogens with zero attached hydrogens (tertiary/aromatic N) is 1. The normalized spacial score (nSPS) is 16.8. The van der Waals surface area contributed by atoms with E-state index in [0.29, 0.717) is 30.2 Å². The van der Waals surface area contributed by atoms with E-state index in [2.05, 4.69) is 5.32 Å². The Balaban J connectivity index is 2.38. The third-order valence-corrected chi connectivity index (χ3v) is 6.36. The number of rotatable bonds is 5. The van der Waals surface area contributed by atoms with Crippen LogP contribution in [0.25, 0.3) is 0 Å². The molecule has 0 unspecified atom stereocenters. The second kappa shape index (κ2) is 6.84. The summed E-state index contributed by atoms with van der Waals surface area (Å²) in [5, 5.41) is 3.92. The molecule has 0 aliphatic carbocycles. The zero-order valence-corrected chi connectivity index (χ0v) is 14.5. The van der Waals surface area contributed by atoms with E-state index in [-0.39, 0.29) is 16.0 Å². The Bertz CT molecular complexity index is 612. The summed E-state index contributed by atoms with van der Waals surface area (Å²) in [5.41, 5.74) is 0.632. The van der Waals surface area contributed by atoms with E-state index >= 15 is 0 Å². The maximum absolute atomic E-state index is 12.6. The van der Waals surface area contributed by atoms with Gasteiger partial charge < -0.3 is 5.32 Å². The van der Waals surface area contributed by atoms with Gasteiger partial charge in [0, 0.05) is 36.3 Å². The van der Waals surface area contributed by atoms with Crippen LogP contribution in [0.1, 0.15) is 32.3 Å². The molecule has 1 fully saturated rings. The van der Waals surface area contributed by atoms with Crippen LogP contribution in [0.15, 0.2) is 17.0 Å². The highest BCUT2D eigenvalue weighted by atomic mass is 35.5. The van der Waals surface area contributed by atoms with Gasteiger partial charge in [-0.15, -0.1) is 0 Å². The molecule has 1 aliphatic rings. The van der Waals surface area contributed by atoms with Crippen LogP contribution in [0, 0.1) is 0 Å². The lowest BCUT2D eigenvalue weighted by Crippen LogP contribution is -2.28. The highest BCUT2D eigenvalue weighted by Crippen LogP contribution is 2.33. The number of nitrogens with one attached hydrogen (secondary N) is 1. The summed E-state index contributed by atoms with van der Waals surface area (Å²) in [6.45, 7) is 5.57. The molecule has 0 radical (unpaired) electrons. The fourth-order valence-electron chi connectivity index (χ4n) is 2.31. The quantitative estimate of drug-likeness (QED) is 0.886. The van der Waals surface area contributed by atoms with Crippen molar-refractivity contribution in [3.8, 4) is 0 Å². The molecule has 1 heterocycles. The van der Waals surface area contributed by atoms with E-state index in [0.717, 1.165) is 12.8 Å². The Kier molecular flexibility index (Phi) is 5.54. The number of benzene rings is 1. The fourth-order valence-corrected chi connectivity index (χ4v) is 4.71. The minimum Gasteiger partial charge on any atom is -0.310 e. The molecule has 118 valence electrons. The molecule has 7 heteroatoms. The van der Waals surface area contributed by atoms with Crippen molar-refractivity contribution in [1.29, 1.82) is 0 Å². The third-order valence-electron chi connectivity index (χ3n) is 3.52. The van der Waals surface area contributed by atoms with Crippen molar-refractivity contribution < 1.29 is 8.42 Å². The Labute approximate surface area is 136 Å². The van der Waals surface area contributed by atoms with E-state index < -0.39 is 10.0 Å². The second-order valence-electron chi connectivity index (χ2n) is 5.48. The van der Waals surface area contributed by atoms with Gasteiger partial charge in [-0.3, -0.25) is 0 Å². The highest BCUT2D eigenvalue weighted by Gasteiger charge is 2.30. The summed E-state index contributed by atoms with van der Waals surface area (Å²) >= 11 is 12.5. The maximum Gasteiger partial charge on any atom is 0.244 e. The van der Waals surface area contributed by atoms with Crippen molar-refractivity contribution >= 4 is 33.2 Å². The van der Waals surface area contributed by atoms with Crippen molar-refractivity contribution in [3.05, 3.63) is 27.7 Å². The molecule has 1 aromatic rings. The molecule has 0 aromatic heterocycles. The van der Waals surface area contributed by atoms with Crippen LogP contribution in [0.2, 0.25) is 10.0 Å². The summed E-state index contributed by atoms with van der Waals surface area (Å²) in [6, 6.07) is 3.36. The van der Waals surface area contributed by atoms with Gasteiger partial charge in [-0.2, -0.15) is 4.31 Å². The van der Waals surface area contributed by atoms with Gasteiger partial charge in [-0.1, -0.05) is 37.0 Å². The van der Waals surface area contributed by atoms with Gasteiger partial charge in [0.05, 0.1) is 5.02 Å². The van der Waals surface area contributed by atoms with E-state index in [9.17, 15) is 8.42 Å². The Hall–Kier alpha value is -0.330. The molecule has 0 bridgehead atoms. The smallest absolute Gasteiger partial charge is 0.244 e. The molecule has 0 amide bonds. The number of hydrogen-bond acceptors (Lipinski definition) is 3. The largest absolute Gasteiger partial charge is 0.310 e. The zero-order valence-electron chi connectivity index (χ0n) is 12.2. The molecule has 2 rings (SSSR count). The molecule has 1 aliphatic heterocycles. The summed E-state index contributed by atoms with van der Waals surface area (Å²) in [5.74, 6) is 0. The monoisotopic (exact) mass is 350 g/mol. The van der Waals surface area contributed by atoms with Crippen molar-refractivity contribution in [2.45, 2.75) is 44.2 Å². The predicted octanol–water partition coefficient (Wildman–Crippen LogP) is 3.28. The Morgan fingerprint density at radius 3 is 2.43 bits per heavy atom. The molecular weight excluding hydrogens is 331 g/mol. The molecule has 1 saturated heterocycles. The average Bonchev–Trinajstić information content (AvgIpc) is 2.92. The first kappa shape index (κ1) is 17.0. The summed E-state index contributed by atoms with van der Waals surface area (Å²) in [7, 11) is -3.53. The number of hydrogen-bond donors (Lipinski definition) is 1. The molecular formula is C14H20Cl2N2O2S. The van der Waals surface area contributed by atoms with Crippen molar-refractivity contribution in [2.24, 2.45) is 0 Å². The average molecular weight is 351 g/mol. The number of halogens is 2. The SMILES string of the molecule is CC(C)NCc1c(Cl)ccc(S(=O)(=O)N2CCCC2)c1Cl. The maximum atomic E-state index is 12.6. The molecule has 0 atom stereocenters. The van der Waals surface area contributed by atoms with Gasteiger partial charge in [-0.25, -0.2) is 8.42 Å². The highest BCUT2D eigenvalue weighted by molar-refractivity contribution is 7.89. The van der Waals surface area contributed by atoms with Gasteiger partial charge in [0.1, 0.15) is 4.90 Å². The molecule has 0 saturated carbocycles. The van der Waals surface area contributed by atoms with Gasteiger partial charge >= 0.3 is 0 Å².